The van der Waals surface area contributed by atoms with Crippen LogP contribution in [0.3, 0.4) is 0 Å². The Hall–Kier alpha value is -3.44. The Morgan fingerprint density at radius 2 is 0.738 bits per heavy atom. The molecule has 1 aliphatic carbocycles. The van der Waals surface area contributed by atoms with Crippen molar-refractivity contribution in [1.82, 2.24) is 16.0 Å². The van der Waals surface area contributed by atoms with Gasteiger partial charge in [-0.25, -0.2) is 0 Å². The van der Waals surface area contributed by atoms with Crippen LogP contribution in [0.1, 0.15) is 235 Å². The predicted octanol–water partition coefficient (Wildman–Crippen LogP) is 11.9. The molecule has 472 valence electrons. The summed E-state index contributed by atoms with van der Waals surface area (Å²) in [5.74, 6) is 2.62. The summed E-state index contributed by atoms with van der Waals surface area (Å²) in [7, 11) is 0. The van der Waals surface area contributed by atoms with Gasteiger partial charge in [-0.1, -0.05) is 158 Å². The van der Waals surface area contributed by atoms with E-state index in [9.17, 15) is 38.4 Å². The molecular weight excluding hydrogens is 1020 g/mol. The summed E-state index contributed by atoms with van der Waals surface area (Å²) < 4.78 is 26.5. The molecule has 16 nitrogen and oxygen atoms in total. The minimum atomic E-state index is -0.302. The minimum absolute atomic E-state index is 0.00158. The highest BCUT2D eigenvalue weighted by atomic mass is 16.5. The second kappa shape index (κ2) is 47.0. The lowest BCUT2D eigenvalue weighted by atomic mass is 9.80. The molecule has 0 aromatic heterocycles. The van der Waals surface area contributed by atoms with Gasteiger partial charge in [-0.05, 0) is 44.4 Å². The lowest BCUT2D eigenvalue weighted by molar-refractivity contribution is -0.130. The van der Waals surface area contributed by atoms with Crippen LogP contribution >= 0.6 is 0 Å². The van der Waals surface area contributed by atoms with Crippen molar-refractivity contribution in [3.05, 3.63) is 0 Å². The molecule has 0 aliphatic heterocycles. The normalized spacial score (nSPS) is 14.9. The number of hydrogen-bond donors (Lipinski definition) is 3. The summed E-state index contributed by atoms with van der Waals surface area (Å²) in [5.41, 5.74) is -1.32. The monoisotopic (exact) mass is 1140 g/mol. The quantitative estimate of drug-likeness (QED) is 0.0522. The SMILES string of the molecule is CCC(=O)NCCC(=O)C(C)(C)C.CCC(=O)NCCOCCOCCC(=O)C(C)(C)C.CCC1CCC(C(=O)NCCC(=O)C(C)(C)C)CC1.CCCC(C)C(=O)C(C)(C)C.CCCOCCOCCOCCC(=O)C(C)(C)C. The van der Waals surface area contributed by atoms with Crippen molar-refractivity contribution >= 4 is 46.6 Å². The van der Waals surface area contributed by atoms with Crippen LogP contribution in [0.2, 0.25) is 0 Å². The summed E-state index contributed by atoms with van der Waals surface area (Å²) in [4.78, 5) is 91.6. The maximum absolute atomic E-state index is 12.0. The fourth-order valence-corrected chi connectivity index (χ4v) is 7.25. The third kappa shape index (κ3) is 50.3. The van der Waals surface area contributed by atoms with Crippen molar-refractivity contribution in [2.45, 2.75) is 235 Å². The number of carbonyl (C=O) groups excluding carboxylic acids is 8. The molecule has 16 heteroatoms. The van der Waals surface area contributed by atoms with E-state index < -0.39 is 0 Å². The van der Waals surface area contributed by atoms with Gasteiger partial charge in [0, 0.05) is 104 Å². The van der Waals surface area contributed by atoms with E-state index in [1.54, 1.807) is 6.92 Å². The van der Waals surface area contributed by atoms with Gasteiger partial charge >= 0.3 is 0 Å². The van der Waals surface area contributed by atoms with Gasteiger partial charge in [0.25, 0.3) is 0 Å². The van der Waals surface area contributed by atoms with Crippen LogP contribution in [0.4, 0.5) is 0 Å². The van der Waals surface area contributed by atoms with Gasteiger partial charge < -0.3 is 39.6 Å². The fourth-order valence-electron chi connectivity index (χ4n) is 7.25. The first-order valence-corrected chi connectivity index (χ1v) is 30.3. The number of nitrogens with one attached hydrogen (secondary N) is 3. The zero-order valence-corrected chi connectivity index (χ0v) is 55.1. The van der Waals surface area contributed by atoms with Gasteiger partial charge in [0.15, 0.2) is 0 Å². The highest BCUT2D eigenvalue weighted by Crippen LogP contribution is 2.31. The van der Waals surface area contributed by atoms with Gasteiger partial charge in [-0.3, -0.25) is 38.4 Å². The standard InChI is InChI=1S/C16H29NO2.C14H27NO4.C14H28O4.C10H19NO2.C10H20O/c1-5-12-6-8-13(9-7-12)15(19)17-11-10-14(18)16(2,3)4;1-5-13(17)15-7-9-19-11-10-18-8-6-12(16)14(2,3)4;1-5-7-16-9-11-18-12-10-17-8-6-13(15)14(2,3)4;1-5-9(13)11-7-6-8(12)10(2,3)4;1-6-7-8(2)9(11)10(3,4)5/h12-13H,5-11H2,1-4H3,(H,17,19);5-11H2,1-4H3,(H,15,17);5-12H2,1-4H3;5-7H2,1-4H3,(H,11,13);8H,6-7H2,1-5H3. The van der Waals surface area contributed by atoms with Crippen LogP contribution in [0.15, 0.2) is 0 Å². The average molecular weight is 1140 g/mol. The zero-order chi connectivity index (χ0) is 62.6. The van der Waals surface area contributed by atoms with E-state index in [0.29, 0.717) is 123 Å². The molecular formula is C64H123N3O13. The van der Waals surface area contributed by atoms with Crippen LogP contribution in [-0.4, -0.2) is 132 Å². The van der Waals surface area contributed by atoms with Crippen LogP contribution in [0.5, 0.6) is 0 Å². The van der Waals surface area contributed by atoms with E-state index >= 15 is 0 Å². The average Bonchev–Trinajstić information content (AvgIpc) is 3.37. The molecule has 0 aromatic carbocycles. The van der Waals surface area contributed by atoms with Crippen molar-refractivity contribution in [2.24, 2.45) is 44.8 Å². The molecule has 1 aliphatic rings. The second-order valence-electron chi connectivity index (χ2n) is 25.9. The van der Waals surface area contributed by atoms with Gasteiger partial charge in [0.2, 0.25) is 17.7 Å². The van der Waals surface area contributed by atoms with Crippen molar-refractivity contribution in [3.8, 4) is 0 Å². The van der Waals surface area contributed by atoms with E-state index in [0.717, 1.165) is 44.6 Å². The van der Waals surface area contributed by atoms with E-state index in [4.69, 9.17) is 23.7 Å². The van der Waals surface area contributed by atoms with Crippen molar-refractivity contribution in [1.29, 1.82) is 0 Å². The second-order valence-corrected chi connectivity index (χ2v) is 25.9. The van der Waals surface area contributed by atoms with Crippen LogP contribution in [0.25, 0.3) is 0 Å². The number of carbonyl (C=O) groups is 8. The highest BCUT2D eigenvalue weighted by molar-refractivity contribution is 5.86. The number of rotatable bonds is 33. The number of Topliss-reactive ketones (excluding diaryl/α,β-unsaturated/α-hetero) is 5. The summed E-state index contributed by atoms with van der Waals surface area (Å²) >= 11 is 0. The first kappa shape index (κ1) is 83.0. The molecule has 0 spiro atoms. The summed E-state index contributed by atoms with van der Waals surface area (Å²) in [6.07, 6.45) is 11.5. The van der Waals surface area contributed by atoms with E-state index in [1.165, 1.54) is 19.3 Å². The third-order valence-electron chi connectivity index (χ3n) is 13.0. The number of amides is 3. The fraction of sp³-hybridized carbons (Fsp3) is 0.875. The molecule has 1 unspecified atom stereocenters. The summed E-state index contributed by atoms with van der Waals surface area (Å²) in [5, 5.41) is 8.32. The predicted molar refractivity (Wildman–Crippen MR) is 325 cm³/mol. The van der Waals surface area contributed by atoms with E-state index in [1.807, 2.05) is 118 Å². The van der Waals surface area contributed by atoms with E-state index in [2.05, 4.69) is 36.7 Å². The maximum atomic E-state index is 12.0. The van der Waals surface area contributed by atoms with Crippen molar-refractivity contribution in [2.75, 3.05) is 85.7 Å². The molecule has 1 atom stereocenters. The van der Waals surface area contributed by atoms with Crippen LogP contribution < -0.4 is 16.0 Å². The van der Waals surface area contributed by atoms with Crippen molar-refractivity contribution < 1.29 is 62.0 Å². The number of ether oxygens (including phenoxy) is 5. The summed E-state index contributed by atoms with van der Waals surface area (Å²) in [6, 6.07) is 0. The largest absolute Gasteiger partial charge is 0.379 e. The minimum Gasteiger partial charge on any atom is -0.379 e. The molecule has 0 radical (unpaired) electrons. The molecule has 0 saturated heterocycles. The molecule has 1 rings (SSSR count). The Morgan fingerprint density at radius 3 is 1.07 bits per heavy atom. The van der Waals surface area contributed by atoms with Gasteiger partial charge in [-0.15, -0.1) is 0 Å². The van der Waals surface area contributed by atoms with Crippen LogP contribution in [0, 0.1) is 44.8 Å². The smallest absolute Gasteiger partial charge is 0.223 e. The lowest BCUT2D eigenvalue weighted by Gasteiger charge is -2.27. The zero-order valence-electron chi connectivity index (χ0n) is 55.1. The van der Waals surface area contributed by atoms with Gasteiger partial charge in [0.1, 0.15) is 28.9 Å². The highest BCUT2D eigenvalue weighted by Gasteiger charge is 2.28. The molecule has 80 heavy (non-hydrogen) atoms. The third-order valence-corrected chi connectivity index (χ3v) is 13.0. The van der Waals surface area contributed by atoms with E-state index in [-0.39, 0.29) is 79.8 Å². The van der Waals surface area contributed by atoms with Gasteiger partial charge in [-0.2, -0.15) is 0 Å². The molecule has 3 N–H and O–H groups in total. The molecule has 0 heterocycles. The Bertz CT molecular complexity index is 1670. The Kier molecular flexibility index (Phi) is 48.8. The summed E-state index contributed by atoms with van der Waals surface area (Å²) in [6.45, 7) is 47.8. The van der Waals surface area contributed by atoms with Crippen molar-refractivity contribution in [3.63, 3.8) is 0 Å². The van der Waals surface area contributed by atoms with Gasteiger partial charge in [0.05, 0.1) is 59.5 Å². The molecule has 3 amide bonds. The Morgan fingerprint density at radius 1 is 0.400 bits per heavy atom. The van der Waals surface area contributed by atoms with Crippen LogP contribution in [-0.2, 0) is 62.0 Å². The lowest BCUT2D eigenvalue weighted by Crippen LogP contribution is -2.35. The molecule has 0 bridgehead atoms. The Labute approximate surface area is 488 Å². The number of hydrogen-bond acceptors (Lipinski definition) is 13. The number of ketones is 5. The topological polar surface area (TPSA) is 219 Å². The first-order valence-electron chi connectivity index (χ1n) is 30.3. The molecule has 1 saturated carbocycles. The first-order chi connectivity index (χ1) is 37.0. The Balaban J connectivity index is -0.000000458. The molecule has 1 fully saturated rings. The maximum Gasteiger partial charge on any atom is 0.223 e. The molecule has 0 aromatic rings.